The molecule has 2 aliphatic rings. The van der Waals surface area contributed by atoms with Crippen molar-refractivity contribution in [2.45, 2.75) is 25.3 Å². The summed E-state index contributed by atoms with van der Waals surface area (Å²) in [7, 11) is 2.11. The summed E-state index contributed by atoms with van der Waals surface area (Å²) in [5, 5.41) is 3.56. The second kappa shape index (κ2) is 5.31. The number of hydrogen-bond donors (Lipinski definition) is 1. The van der Waals surface area contributed by atoms with Crippen LogP contribution < -0.4 is 5.32 Å². The quantitative estimate of drug-likeness (QED) is 0.857. The van der Waals surface area contributed by atoms with Crippen molar-refractivity contribution in [2.24, 2.45) is 17.8 Å². The highest BCUT2D eigenvalue weighted by molar-refractivity contribution is 5.63. The van der Waals surface area contributed by atoms with Crippen molar-refractivity contribution in [1.29, 1.82) is 0 Å². The summed E-state index contributed by atoms with van der Waals surface area (Å²) in [6.07, 6.45) is 4.35. The first-order chi connectivity index (χ1) is 10.3. The van der Waals surface area contributed by atoms with Crippen molar-refractivity contribution in [3.8, 4) is 11.1 Å². The van der Waals surface area contributed by atoms with Gasteiger partial charge in [0.1, 0.15) is 0 Å². The molecular weight excluding hydrogens is 254 g/mol. The lowest BCUT2D eigenvalue weighted by Crippen LogP contribution is -2.24. The Balaban J connectivity index is 1.54. The molecule has 0 saturated heterocycles. The van der Waals surface area contributed by atoms with E-state index in [0.29, 0.717) is 6.04 Å². The van der Waals surface area contributed by atoms with E-state index in [1.807, 2.05) is 0 Å². The molecule has 21 heavy (non-hydrogen) atoms. The highest BCUT2D eigenvalue weighted by atomic mass is 14.9. The monoisotopic (exact) mass is 277 g/mol. The maximum absolute atomic E-state index is 3.56. The van der Waals surface area contributed by atoms with Crippen LogP contribution in [0.3, 0.4) is 0 Å². The van der Waals surface area contributed by atoms with Crippen LogP contribution in [-0.2, 0) is 0 Å². The average molecular weight is 277 g/mol. The van der Waals surface area contributed by atoms with Crippen LogP contribution in [0.2, 0.25) is 0 Å². The molecule has 2 aromatic carbocycles. The third-order valence-corrected chi connectivity index (χ3v) is 5.44. The first-order valence-electron chi connectivity index (χ1n) is 8.18. The SMILES string of the molecule is CNC(c1ccc(-c2ccccc2)cc1)C1CC2CC2C1. The third kappa shape index (κ3) is 2.51. The summed E-state index contributed by atoms with van der Waals surface area (Å²) < 4.78 is 0. The van der Waals surface area contributed by atoms with E-state index in [9.17, 15) is 0 Å². The van der Waals surface area contributed by atoms with Crippen molar-refractivity contribution in [3.63, 3.8) is 0 Å². The fourth-order valence-corrected chi connectivity index (χ4v) is 4.22. The molecule has 2 aromatic rings. The van der Waals surface area contributed by atoms with E-state index in [2.05, 4.69) is 67.0 Å². The van der Waals surface area contributed by atoms with Crippen LogP contribution in [0.5, 0.6) is 0 Å². The topological polar surface area (TPSA) is 12.0 Å². The van der Waals surface area contributed by atoms with E-state index >= 15 is 0 Å². The van der Waals surface area contributed by atoms with Crippen molar-refractivity contribution in [2.75, 3.05) is 7.05 Å². The lowest BCUT2D eigenvalue weighted by atomic mass is 9.88. The van der Waals surface area contributed by atoms with Gasteiger partial charge in [-0.3, -0.25) is 0 Å². The number of rotatable bonds is 4. The van der Waals surface area contributed by atoms with Crippen molar-refractivity contribution in [3.05, 3.63) is 60.2 Å². The van der Waals surface area contributed by atoms with Gasteiger partial charge in [-0.2, -0.15) is 0 Å². The summed E-state index contributed by atoms with van der Waals surface area (Å²) in [4.78, 5) is 0. The van der Waals surface area contributed by atoms with Gasteiger partial charge in [-0.05, 0) is 60.8 Å². The van der Waals surface area contributed by atoms with E-state index in [1.165, 1.54) is 36.0 Å². The Kier molecular flexibility index (Phi) is 3.31. The molecule has 0 aliphatic heterocycles. The third-order valence-electron chi connectivity index (χ3n) is 5.44. The van der Waals surface area contributed by atoms with Gasteiger partial charge in [-0.1, -0.05) is 54.6 Å². The second-order valence-electron chi connectivity index (χ2n) is 6.74. The van der Waals surface area contributed by atoms with E-state index in [1.54, 1.807) is 0 Å². The smallest absolute Gasteiger partial charge is 0.0346 e. The molecule has 2 saturated carbocycles. The first-order valence-corrected chi connectivity index (χ1v) is 8.18. The molecule has 4 rings (SSSR count). The van der Waals surface area contributed by atoms with Gasteiger partial charge in [0.2, 0.25) is 0 Å². The minimum atomic E-state index is 0.530. The summed E-state index contributed by atoms with van der Waals surface area (Å²) in [5.41, 5.74) is 4.05. The molecule has 0 heterocycles. The molecule has 1 nitrogen and oxygen atoms in total. The van der Waals surface area contributed by atoms with E-state index in [0.717, 1.165) is 17.8 Å². The molecule has 0 bridgehead atoms. The molecule has 0 radical (unpaired) electrons. The number of benzene rings is 2. The van der Waals surface area contributed by atoms with Gasteiger partial charge in [0, 0.05) is 6.04 Å². The zero-order valence-corrected chi connectivity index (χ0v) is 12.6. The fraction of sp³-hybridized carbons (Fsp3) is 0.400. The molecule has 3 atom stereocenters. The molecule has 1 heteroatoms. The molecule has 3 unspecified atom stereocenters. The minimum absolute atomic E-state index is 0.530. The predicted molar refractivity (Wildman–Crippen MR) is 88.0 cm³/mol. The molecule has 0 amide bonds. The maximum Gasteiger partial charge on any atom is 0.0346 e. The Morgan fingerprint density at radius 2 is 1.43 bits per heavy atom. The fourth-order valence-electron chi connectivity index (χ4n) is 4.22. The molecular formula is C20H23N. The zero-order valence-electron chi connectivity index (χ0n) is 12.6. The Bertz CT molecular complexity index is 591. The molecule has 2 fully saturated rings. The van der Waals surface area contributed by atoms with Crippen molar-refractivity contribution >= 4 is 0 Å². The minimum Gasteiger partial charge on any atom is -0.313 e. The van der Waals surface area contributed by atoms with Crippen LogP contribution in [0.1, 0.15) is 30.9 Å². The van der Waals surface area contributed by atoms with E-state index in [4.69, 9.17) is 0 Å². The summed E-state index contributed by atoms with van der Waals surface area (Å²) >= 11 is 0. The zero-order chi connectivity index (χ0) is 14.2. The Hall–Kier alpha value is -1.60. The molecule has 0 spiro atoms. The van der Waals surface area contributed by atoms with Crippen LogP contribution in [0.4, 0.5) is 0 Å². The van der Waals surface area contributed by atoms with Crippen LogP contribution in [0.25, 0.3) is 11.1 Å². The van der Waals surface area contributed by atoms with Crippen LogP contribution >= 0.6 is 0 Å². The number of nitrogens with one attached hydrogen (secondary N) is 1. The van der Waals surface area contributed by atoms with Gasteiger partial charge in [0.25, 0.3) is 0 Å². The van der Waals surface area contributed by atoms with Crippen LogP contribution in [0, 0.1) is 17.8 Å². The number of hydrogen-bond acceptors (Lipinski definition) is 1. The van der Waals surface area contributed by atoms with Gasteiger partial charge >= 0.3 is 0 Å². The van der Waals surface area contributed by atoms with E-state index < -0.39 is 0 Å². The summed E-state index contributed by atoms with van der Waals surface area (Å²) in [6, 6.07) is 20.3. The first kappa shape index (κ1) is 13.1. The van der Waals surface area contributed by atoms with Crippen LogP contribution in [0.15, 0.2) is 54.6 Å². The normalized spacial score (nSPS) is 28.1. The van der Waals surface area contributed by atoms with E-state index in [-0.39, 0.29) is 0 Å². The predicted octanol–water partition coefficient (Wildman–Crippen LogP) is 4.66. The molecule has 0 aromatic heterocycles. The lowest BCUT2D eigenvalue weighted by molar-refractivity contribution is 0.359. The summed E-state index contributed by atoms with van der Waals surface area (Å²) in [5.74, 6) is 2.94. The van der Waals surface area contributed by atoms with Gasteiger partial charge in [-0.25, -0.2) is 0 Å². The van der Waals surface area contributed by atoms with Gasteiger partial charge < -0.3 is 5.32 Å². The Morgan fingerprint density at radius 1 is 0.810 bits per heavy atom. The van der Waals surface area contributed by atoms with Crippen molar-refractivity contribution in [1.82, 2.24) is 5.32 Å². The maximum atomic E-state index is 3.56. The van der Waals surface area contributed by atoms with Gasteiger partial charge in [-0.15, -0.1) is 0 Å². The Morgan fingerprint density at radius 3 is 2.05 bits per heavy atom. The summed E-state index contributed by atoms with van der Waals surface area (Å²) in [6.45, 7) is 0. The Labute approximate surface area is 127 Å². The highest BCUT2D eigenvalue weighted by Crippen LogP contribution is 2.57. The largest absolute Gasteiger partial charge is 0.313 e. The van der Waals surface area contributed by atoms with Gasteiger partial charge in [0.15, 0.2) is 0 Å². The lowest BCUT2D eigenvalue weighted by Gasteiger charge is -2.25. The molecule has 2 aliphatic carbocycles. The standard InChI is InChI=1S/C20H23N/c1-21-20(19-12-17-11-18(17)13-19)16-9-7-15(8-10-16)14-5-3-2-4-6-14/h2-10,17-21H,11-13H2,1H3. The van der Waals surface area contributed by atoms with Crippen molar-refractivity contribution < 1.29 is 0 Å². The number of fused-ring (bicyclic) bond motifs is 1. The van der Waals surface area contributed by atoms with Gasteiger partial charge in [0.05, 0.1) is 0 Å². The second-order valence-corrected chi connectivity index (χ2v) is 6.74. The molecule has 108 valence electrons. The van der Waals surface area contributed by atoms with Crippen LogP contribution in [-0.4, -0.2) is 7.05 Å². The highest BCUT2D eigenvalue weighted by Gasteiger charge is 2.47. The molecule has 1 N–H and O–H groups in total. The average Bonchev–Trinajstić information content (AvgIpc) is 3.16.